The van der Waals surface area contributed by atoms with Crippen molar-refractivity contribution >= 4 is 5.82 Å². The fraction of sp³-hybridized carbons (Fsp3) is 0.438. The first-order valence-electron chi connectivity index (χ1n) is 7.34. The van der Waals surface area contributed by atoms with Gasteiger partial charge in [0, 0.05) is 39.9 Å². The molecule has 2 aromatic rings. The second kappa shape index (κ2) is 8.53. The third-order valence-electron chi connectivity index (χ3n) is 3.40. The zero-order valence-corrected chi connectivity index (χ0v) is 13.2. The van der Waals surface area contributed by atoms with Gasteiger partial charge in [0.05, 0.1) is 24.6 Å². The molecule has 22 heavy (non-hydrogen) atoms. The predicted octanol–water partition coefficient (Wildman–Crippen LogP) is 1.55. The van der Waals surface area contributed by atoms with Crippen LogP contribution in [0.5, 0.6) is 0 Å². The highest BCUT2D eigenvalue weighted by atomic mass is 16.5. The fourth-order valence-electron chi connectivity index (χ4n) is 2.24. The van der Waals surface area contributed by atoms with Gasteiger partial charge in [0.15, 0.2) is 0 Å². The molecule has 0 aliphatic rings. The Morgan fingerprint density at radius 3 is 2.32 bits per heavy atom. The molecule has 0 saturated heterocycles. The van der Waals surface area contributed by atoms with Crippen molar-refractivity contribution in [3.8, 4) is 5.69 Å². The van der Waals surface area contributed by atoms with Crippen LogP contribution in [0.4, 0.5) is 5.82 Å². The maximum absolute atomic E-state index is 6.08. The van der Waals surface area contributed by atoms with E-state index in [1.807, 2.05) is 36.4 Å². The number of hydrogen-bond donors (Lipinski definition) is 1. The summed E-state index contributed by atoms with van der Waals surface area (Å²) in [6.45, 7) is 3.74. The summed E-state index contributed by atoms with van der Waals surface area (Å²) in [5.74, 6) is 0.639. The molecular formula is C16H24N4O2. The van der Waals surface area contributed by atoms with Crippen molar-refractivity contribution in [2.75, 3.05) is 46.3 Å². The average Bonchev–Trinajstić information content (AvgIpc) is 2.91. The minimum absolute atomic E-state index is 0.639. The van der Waals surface area contributed by atoms with Crippen LogP contribution in [-0.2, 0) is 16.0 Å². The summed E-state index contributed by atoms with van der Waals surface area (Å²) in [5, 5.41) is 4.60. The van der Waals surface area contributed by atoms with Gasteiger partial charge in [0.1, 0.15) is 5.82 Å². The van der Waals surface area contributed by atoms with Crippen LogP contribution in [0.3, 0.4) is 0 Å². The maximum Gasteiger partial charge on any atom is 0.127 e. The Hall–Kier alpha value is -1.89. The highest BCUT2D eigenvalue weighted by molar-refractivity contribution is 5.42. The van der Waals surface area contributed by atoms with Gasteiger partial charge in [-0.25, -0.2) is 4.68 Å². The van der Waals surface area contributed by atoms with Gasteiger partial charge in [-0.1, -0.05) is 18.2 Å². The van der Waals surface area contributed by atoms with Gasteiger partial charge in [-0.05, 0) is 12.1 Å². The van der Waals surface area contributed by atoms with E-state index in [0.29, 0.717) is 19.0 Å². The fourth-order valence-corrected chi connectivity index (χ4v) is 2.24. The molecule has 0 radical (unpaired) electrons. The van der Waals surface area contributed by atoms with Crippen LogP contribution < -0.4 is 5.73 Å². The normalized spacial score (nSPS) is 11.2. The molecule has 2 N–H and O–H groups in total. The summed E-state index contributed by atoms with van der Waals surface area (Å²) in [7, 11) is 3.41. The lowest BCUT2D eigenvalue weighted by Crippen LogP contribution is -2.30. The largest absolute Gasteiger partial charge is 0.384 e. The molecule has 0 atom stereocenters. The molecule has 0 bridgehead atoms. The van der Waals surface area contributed by atoms with Crippen molar-refractivity contribution in [3.05, 3.63) is 42.1 Å². The predicted molar refractivity (Wildman–Crippen MR) is 87.0 cm³/mol. The zero-order chi connectivity index (χ0) is 15.8. The van der Waals surface area contributed by atoms with Gasteiger partial charge in [-0.2, -0.15) is 5.10 Å². The number of para-hydroxylation sites is 1. The van der Waals surface area contributed by atoms with Gasteiger partial charge >= 0.3 is 0 Å². The first-order valence-corrected chi connectivity index (χ1v) is 7.34. The Bertz CT molecular complexity index is 549. The molecule has 1 aromatic heterocycles. The van der Waals surface area contributed by atoms with E-state index in [2.05, 4.69) is 10.00 Å². The Kier molecular flexibility index (Phi) is 6.39. The van der Waals surface area contributed by atoms with Gasteiger partial charge < -0.3 is 15.2 Å². The molecule has 0 unspecified atom stereocenters. The number of nitrogens with two attached hydrogens (primary N) is 1. The smallest absolute Gasteiger partial charge is 0.127 e. The molecule has 120 valence electrons. The van der Waals surface area contributed by atoms with Crippen LogP contribution >= 0.6 is 0 Å². The van der Waals surface area contributed by atoms with Gasteiger partial charge in [-0.15, -0.1) is 0 Å². The molecule has 1 heterocycles. The first-order chi connectivity index (χ1) is 10.7. The number of nitrogen functional groups attached to an aromatic ring is 1. The van der Waals surface area contributed by atoms with E-state index in [0.717, 1.165) is 31.0 Å². The Morgan fingerprint density at radius 1 is 1.09 bits per heavy atom. The lowest BCUT2D eigenvalue weighted by Gasteiger charge is -2.20. The second-order valence-corrected chi connectivity index (χ2v) is 5.07. The molecule has 0 spiro atoms. The lowest BCUT2D eigenvalue weighted by molar-refractivity contribution is 0.109. The van der Waals surface area contributed by atoms with E-state index < -0.39 is 0 Å². The van der Waals surface area contributed by atoms with Crippen LogP contribution in [0, 0.1) is 0 Å². The molecule has 0 aliphatic heterocycles. The van der Waals surface area contributed by atoms with Crippen molar-refractivity contribution in [1.82, 2.24) is 14.7 Å². The number of rotatable bonds is 9. The molecule has 0 fully saturated rings. The third-order valence-corrected chi connectivity index (χ3v) is 3.40. The topological polar surface area (TPSA) is 65.5 Å². The van der Waals surface area contributed by atoms with Gasteiger partial charge in [-0.3, -0.25) is 4.90 Å². The van der Waals surface area contributed by atoms with Crippen LogP contribution in [-0.4, -0.2) is 55.2 Å². The van der Waals surface area contributed by atoms with E-state index >= 15 is 0 Å². The Balaban J connectivity index is 2.08. The number of nitrogens with zero attached hydrogens (tertiary/aromatic N) is 3. The SMILES string of the molecule is COCCN(CCOC)Cc1cc(N)n(-c2ccccc2)n1. The third kappa shape index (κ3) is 4.56. The van der Waals surface area contributed by atoms with E-state index in [1.165, 1.54) is 0 Å². The number of ether oxygens (including phenoxy) is 2. The van der Waals surface area contributed by atoms with Gasteiger partial charge in [0.2, 0.25) is 0 Å². The number of aromatic nitrogens is 2. The number of methoxy groups -OCH3 is 2. The minimum atomic E-state index is 0.639. The average molecular weight is 304 g/mol. The van der Waals surface area contributed by atoms with Crippen molar-refractivity contribution < 1.29 is 9.47 Å². The molecule has 1 aromatic carbocycles. The molecular weight excluding hydrogens is 280 g/mol. The summed E-state index contributed by atoms with van der Waals surface area (Å²) < 4.78 is 12.1. The van der Waals surface area contributed by atoms with Crippen molar-refractivity contribution in [2.24, 2.45) is 0 Å². The quantitative estimate of drug-likeness (QED) is 0.761. The summed E-state index contributed by atoms with van der Waals surface area (Å²) in [6.07, 6.45) is 0. The maximum atomic E-state index is 6.08. The Labute approximate surface area is 131 Å². The molecule has 0 aliphatic carbocycles. The van der Waals surface area contributed by atoms with Gasteiger partial charge in [0.25, 0.3) is 0 Å². The highest BCUT2D eigenvalue weighted by Gasteiger charge is 2.11. The molecule has 2 rings (SSSR count). The molecule has 6 heteroatoms. The lowest BCUT2D eigenvalue weighted by atomic mass is 10.3. The summed E-state index contributed by atoms with van der Waals surface area (Å²) in [4.78, 5) is 2.24. The van der Waals surface area contributed by atoms with Crippen molar-refractivity contribution in [2.45, 2.75) is 6.54 Å². The van der Waals surface area contributed by atoms with E-state index in [1.54, 1.807) is 18.9 Å². The van der Waals surface area contributed by atoms with Crippen LogP contribution in [0.15, 0.2) is 36.4 Å². The van der Waals surface area contributed by atoms with Crippen molar-refractivity contribution in [3.63, 3.8) is 0 Å². The first kappa shape index (κ1) is 16.5. The van der Waals surface area contributed by atoms with Crippen LogP contribution in [0.2, 0.25) is 0 Å². The minimum Gasteiger partial charge on any atom is -0.384 e. The summed E-state index contributed by atoms with van der Waals surface area (Å²) in [6, 6.07) is 11.8. The standard InChI is InChI=1S/C16H24N4O2/c1-21-10-8-19(9-11-22-2)13-14-12-16(17)20(18-14)15-6-4-3-5-7-15/h3-7,12H,8-11,13,17H2,1-2H3. The second-order valence-electron chi connectivity index (χ2n) is 5.07. The van der Waals surface area contributed by atoms with Crippen LogP contribution in [0.25, 0.3) is 5.69 Å². The highest BCUT2D eigenvalue weighted by Crippen LogP contribution is 2.15. The van der Waals surface area contributed by atoms with E-state index in [4.69, 9.17) is 15.2 Å². The monoisotopic (exact) mass is 304 g/mol. The molecule has 0 amide bonds. The van der Waals surface area contributed by atoms with E-state index in [-0.39, 0.29) is 0 Å². The summed E-state index contributed by atoms with van der Waals surface area (Å²) >= 11 is 0. The number of hydrogen-bond acceptors (Lipinski definition) is 5. The number of anilines is 1. The number of benzene rings is 1. The van der Waals surface area contributed by atoms with Crippen LogP contribution in [0.1, 0.15) is 5.69 Å². The van der Waals surface area contributed by atoms with E-state index in [9.17, 15) is 0 Å². The molecule has 6 nitrogen and oxygen atoms in total. The molecule has 0 saturated carbocycles. The Morgan fingerprint density at radius 2 is 1.73 bits per heavy atom. The summed E-state index contributed by atoms with van der Waals surface area (Å²) in [5.41, 5.74) is 7.98. The zero-order valence-electron chi connectivity index (χ0n) is 13.2. The van der Waals surface area contributed by atoms with Crippen molar-refractivity contribution in [1.29, 1.82) is 0 Å².